The van der Waals surface area contributed by atoms with Crippen LogP contribution < -0.4 is 10.9 Å². The lowest BCUT2D eigenvalue weighted by molar-refractivity contribution is -0.118. The fourth-order valence-electron chi connectivity index (χ4n) is 2.31. The summed E-state index contributed by atoms with van der Waals surface area (Å²) in [6.45, 7) is 0.600. The van der Waals surface area contributed by atoms with Crippen LogP contribution in [0, 0.1) is 0 Å². The van der Waals surface area contributed by atoms with Crippen LogP contribution in [0.3, 0.4) is 0 Å². The summed E-state index contributed by atoms with van der Waals surface area (Å²) >= 11 is 2.86. The normalized spacial score (nSPS) is 10.9. The molecule has 5 nitrogen and oxygen atoms in total. The van der Waals surface area contributed by atoms with Crippen molar-refractivity contribution in [2.24, 2.45) is 7.05 Å². The summed E-state index contributed by atoms with van der Waals surface area (Å²) < 4.78 is 1.57. The molecule has 0 saturated carbocycles. The zero-order valence-electron chi connectivity index (χ0n) is 13.2. The summed E-state index contributed by atoms with van der Waals surface area (Å²) in [6.07, 6.45) is 0.823. The number of thiophene rings is 1. The van der Waals surface area contributed by atoms with Gasteiger partial charge in [0.25, 0.3) is 5.56 Å². The van der Waals surface area contributed by atoms with Crippen LogP contribution in [0.5, 0.6) is 0 Å². The average Bonchev–Trinajstić information content (AvgIpc) is 3.10. The predicted octanol–water partition coefficient (Wildman–Crippen LogP) is 2.45. The SMILES string of the molecule is Cn1c(=O)c(SCC(=O)NCCc2cccs2)nc2ccccc21. The van der Waals surface area contributed by atoms with Gasteiger partial charge in [0.2, 0.25) is 5.91 Å². The molecule has 3 rings (SSSR count). The maximum atomic E-state index is 12.3. The standard InChI is InChI=1S/C17H17N3O2S2/c1-20-14-7-3-2-6-13(14)19-16(17(20)22)24-11-15(21)18-9-8-12-5-4-10-23-12/h2-7,10H,8-9,11H2,1H3,(H,18,21). The third-order valence-electron chi connectivity index (χ3n) is 3.57. The Bertz CT molecular complexity index is 904. The highest BCUT2D eigenvalue weighted by Crippen LogP contribution is 2.15. The maximum Gasteiger partial charge on any atom is 0.283 e. The fourth-order valence-corrected chi connectivity index (χ4v) is 3.81. The number of amides is 1. The molecule has 124 valence electrons. The summed E-state index contributed by atoms with van der Waals surface area (Å²) in [5, 5.41) is 5.25. The van der Waals surface area contributed by atoms with Crippen molar-refractivity contribution >= 4 is 40.0 Å². The molecule has 1 aromatic carbocycles. The average molecular weight is 359 g/mol. The van der Waals surface area contributed by atoms with Crippen molar-refractivity contribution < 1.29 is 4.79 Å². The van der Waals surface area contributed by atoms with Gasteiger partial charge in [-0.2, -0.15) is 0 Å². The molecule has 0 aliphatic carbocycles. The third kappa shape index (κ3) is 3.85. The predicted molar refractivity (Wildman–Crippen MR) is 98.7 cm³/mol. The highest BCUT2D eigenvalue weighted by molar-refractivity contribution is 7.99. The molecule has 24 heavy (non-hydrogen) atoms. The molecular formula is C17H17N3O2S2. The first-order valence-electron chi connectivity index (χ1n) is 7.53. The minimum absolute atomic E-state index is 0.0893. The van der Waals surface area contributed by atoms with E-state index in [9.17, 15) is 9.59 Å². The quantitative estimate of drug-likeness (QED) is 0.687. The molecule has 0 aliphatic rings. The van der Waals surface area contributed by atoms with Gasteiger partial charge in [-0.05, 0) is 30.0 Å². The summed E-state index contributed by atoms with van der Waals surface area (Å²) in [5.41, 5.74) is 1.36. The van der Waals surface area contributed by atoms with Gasteiger partial charge in [-0.25, -0.2) is 4.98 Å². The second-order valence-electron chi connectivity index (χ2n) is 5.24. The number of aromatic nitrogens is 2. The Balaban J connectivity index is 1.60. The van der Waals surface area contributed by atoms with Crippen LogP contribution in [0.25, 0.3) is 11.0 Å². The van der Waals surface area contributed by atoms with E-state index in [0.717, 1.165) is 17.5 Å². The van der Waals surface area contributed by atoms with Crippen molar-refractivity contribution in [3.8, 4) is 0 Å². The Morgan fingerprint density at radius 2 is 2.12 bits per heavy atom. The maximum absolute atomic E-state index is 12.3. The molecule has 1 amide bonds. The number of thioether (sulfide) groups is 1. The van der Waals surface area contributed by atoms with E-state index < -0.39 is 0 Å². The van der Waals surface area contributed by atoms with Crippen LogP contribution in [0.2, 0.25) is 0 Å². The molecule has 0 radical (unpaired) electrons. The second-order valence-corrected chi connectivity index (χ2v) is 7.23. The fraction of sp³-hybridized carbons (Fsp3) is 0.235. The Labute approximate surface area is 147 Å². The number of nitrogens with zero attached hydrogens (tertiary/aromatic N) is 2. The molecular weight excluding hydrogens is 342 g/mol. The first-order chi connectivity index (χ1) is 11.6. The van der Waals surface area contributed by atoms with E-state index in [1.807, 2.05) is 41.8 Å². The van der Waals surface area contributed by atoms with Crippen LogP contribution >= 0.6 is 23.1 Å². The summed E-state index contributed by atoms with van der Waals surface area (Å²) in [7, 11) is 1.72. The Kier molecular flexibility index (Phi) is 5.32. The number of carbonyl (C=O) groups is 1. The molecule has 2 heterocycles. The van der Waals surface area contributed by atoms with Crippen molar-refractivity contribution in [2.75, 3.05) is 12.3 Å². The molecule has 1 N–H and O–H groups in total. The number of nitrogens with one attached hydrogen (secondary N) is 1. The number of benzene rings is 1. The molecule has 7 heteroatoms. The number of fused-ring (bicyclic) bond motifs is 1. The van der Waals surface area contributed by atoms with Crippen molar-refractivity contribution in [3.63, 3.8) is 0 Å². The second kappa shape index (κ2) is 7.63. The Hall–Kier alpha value is -2.12. The molecule has 0 bridgehead atoms. The largest absolute Gasteiger partial charge is 0.355 e. The van der Waals surface area contributed by atoms with Gasteiger partial charge < -0.3 is 9.88 Å². The van der Waals surface area contributed by atoms with E-state index in [1.165, 1.54) is 16.6 Å². The molecule has 0 unspecified atom stereocenters. The molecule has 3 aromatic rings. The van der Waals surface area contributed by atoms with E-state index in [1.54, 1.807) is 23.0 Å². The summed E-state index contributed by atoms with van der Waals surface area (Å²) in [5.74, 6) is 0.0962. The number of aryl methyl sites for hydroxylation is 1. The van der Waals surface area contributed by atoms with Crippen molar-refractivity contribution in [3.05, 3.63) is 57.0 Å². The van der Waals surface area contributed by atoms with E-state index in [4.69, 9.17) is 0 Å². The van der Waals surface area contributed by atoms with Gasteiger partial charge in [-0.15, -0.1) is 11.3 Å². The number of carbonyl (C=O) groups excluding carboxylic acids is 1. The van der Waals surface area contributed by atoms with Crippen LogP contribution in [0.1, 0.15) is 4.88 Å². The Morgan fingerprint density at radius 1 is 1.29 bits per heavy atom. The summed E-state index contributed by atoms with van der Waals surface area (Å²) in [4.78, 5) is 29.9. The van der Waals surface area contributed by atoms with Gasteiger partial charge >= 0.3 is 0 Å². The topological polar surface area (TPSA) is 64.0 Å². The van der Waals surface area contributed by atoms with Gasteiger partial charge in [-0.1, -0.05) is 30.0 Å². The minimum Gasteiger partial charge on any atom is -0.355 e. The highest BCUT2D eigenvalue weighted by Gasteiger charge is 2.11. The van der Waals surface area contributed by atoms with Gasteiger partial charge in [0.15, 0.2) is 5.03 Å². The monoisotopic (exact) mass is 359 g/mol. The van der Waals surface area contributed by atoms with E-state index >= 15 is 0 Å². The first kappa shape index (κ1) is 16.7. The van der Waals surface area contributed by atoms with Gasteiger partial charge in [0.1, 0.15) is 0 Å². The van der Waals surface area contributed by atoms with Gasteiger partial charge in [0, 0.05) is 18.5 Å². The number of para-hydroxylation sites is 2. The molecule has 0 saturated heterocycles. The van der Waals surface area contributed by atoms with Gasteiger partial charge in [0.05, 0.1) is 16.8 Å². The number of rotatable bonds is 6. The Morgan fingerprint density at radius 3 is 2.92 bits per heavy atom. The smallest absolute Gasteiger partial charge is 0.283 e. The van der Waals surface area contributed by atoms with Crippen molar-refractivity contribution in [1.82, 2.24) is 14.9 Å². The van der Waals surface area contributed by atoms with Crippen LogP contribution in [0.15, 0.2) is 51.6 Å². The molecule has 0 spiro atoms. The van der Waals surface area contributed by atoms with Crippen LogP contribution in [0.4, 0.5) is 0 Å². The molecule has 0 aliphatic heterocycles. The van der Waals surface area contributed by atoms with E-state index in [-0.39, 0.29) is 17.2 Å². The first-order valence-corrected chi connectivity index (χ1v) is 9.39. The number of hydrogen-bond donors (Lipinski definition) is 1. The molecule has 0 atom stereocenters. The third-order valence-corrected chi connectivity index (χ3v) is 5.45. The zero-order valence-corrected chi connectivity index (χ0v) is 14.8. The van der Waals surface area contributed by atoms with Crippen LogP contribution in [-0.4, -0.2) is 27.8 Å². The van der Waals surface area contributed by atoms with E-state index in [2.05, 4.69) is 10.3 Å². The highest BCUT2D eigenvalue weighted by atomic mass is 32.2. The lowest BCUT2D eigenvalue weighted by Gasteiger charge is -2.07. The minimum atomic E-state index is -0.176. The summed E-state index contributed by atoms with van der Waals surface area (Å²) in [6, 6.07) is 11.5. The lowest BCUT2D eigenvalue weighted by Crippen LogP contribution is -2.28. The van der Waals surface area contributed by atoms with Crippen LogP contribution in [-0.2, 0) is 18.3 Å². The van der Waals surface area contributed by atoms with Gasteiger partial charge in [-0.3, -0.25) is 9.59 Å². The van der Waals surface area contributed by atoms with Crippen molar-refractivity contribution in [2.45, 2.75) is 11.4 Å². The zero-order chi connectivity index (χ0) is 16.9. The van der Waals surface area contributed by atoms with Crippen molar-refractivity contribution in [1.29, 1.82) is 0 Å². The molecule has 0 fully saturated rings. The molecule has 2 aromatic heterocycles. The number of hydrogen-bond acceptors (Lipinski definition) is 5. The lowest BCUT2D eigenvalue weighted by atomic mass is 10.3. The van der Waals surface area contributed by atoms with E-state index in [0.29, 0.717) is 11.6 Å².